The highest BCUT2D eigenvalue weighted by molar-refractivity contribution is 5.93. The molecule has 1 aromatic rings. The summed E-state index contributed by atoms with van der Waals surface area (Å²) in [6, 6.07) is 9.63. The number of amides is 1. The number of rotatable bonds is 3. The molecule has 1 fully saturated rings. The lowest BCUT2D eigenvalue weighted by molar-refractivity contribution is 0.104. The molecule has 5 nitrogen and oxygen atoms in total. The van der Waals surface area contributed by atoms with E-state index in [4.69, 9.17) is 9.57 Å². The fraction of sp³-hybridized carbons (Fsp3) is 0.429. The van der Waals surface area contributed by atoms with Gasteiger partial charge in [-0.15, -0.1) is 0 Å². The molecule has 5 heteroatoms. The van der Waals surface area contributed by atoms with Crippen LogP contribution in [0, 0.1) is 5.92 Å². The summed E-state index contributed by atoms with van der Waals surface area (Å²) in [5.41, 5.74) is 1.85. The minimum absolute atomic E-state index is 0.212. The van der Waals surface area contributed by atoms with Crippen LogP contribution in [0.25, 0.3) is 0 Å². The highest BCUT2D eigenvalue weighted by Crippen LogP contribution is 2.15. The predicted octanol–water partition coefficient (Wildman–Crippen LogP) is 2.28. The van der Waals surface area contributed by atoms with Crippen molar-refractivity contribution in [2.45, 2.75) is 13.5 Å². The summed E-state index contributed by atoms with van der Waals surface area (Å²) in [7, 11) is 1.51. The van der Waals surface area contributed by atoms with Gasteiger partial charge in [-0.05, 0) is 5.56 Å². The highest BCUT2D eigenvalue weighted by atomic mass is 16.6. The molecule has 1 aromatic carbocycles. The maximum atomic E-state index is 11.9. The van der Waals surface area contributed by atoms with E-state index in [1.54, 1.807) is 4.90 Å². The Morgan fingerprint density at radius 3 is 2.84 bits per heavy atom. The Morgan fingerprint density at radius 2 is 2.16 bits per heavy atom. The van der Waals surface area contributed by atoms with E-state index in [1.807, 2.05) is 37.3 Å². The molecule has 1 saturated heterocycles. The third-order valence-corrected chi connectivity index (χ3v) is 3.09. The Labute approximate surface area is 112 Å². The molecular weight excluding hydrogens is 244 g/mol. The molecule has 0 N–H and O–H groups in total. The van der Waals surface area contributed by atoms with Crippen molar-refractivity contribution < 1.29 is 14.4 Å². The fourth-order valence-electron chi connectivity index (χ4n) is 2.04. The predicted molar refractivity (Wildman–Crippen MR) is 71.8 cm³/mol. The second kappa shape index (κ2) is 6.22. The van der Waals surface area contributed by atoms with Crippen molar-refractivity contribution in [1.82, 2.24) is 4.90 Å². The van der Waals surface area contributed by atoms with Crippen molar-refractivity contribution in [2.24, 2.45) is 11.1 Å². The third kappa shape index (κ3) is 3.47. The summed E-state index contributed by atoms with van der Waals surface area (Å²) in [5.74, 6) is 0.212. The molecule has 1 aliphatic rings. The van der Waals surface area contributed by atoms with Gasteiger partial charge in [0.15, 0.2) is 0 Å². The molecule has 0 aromatic heterocycles. The zero-order chi connectivity index (χ0) is 13.7. The molecule has 1 atom stereocenters. The van der Waals surface area contributed by atoms with E-state index in [2.05, 4.69) is 5.16 Å². The normalized spacial score (nSPS) is 20.6. The van der Waals surface area contributed by atoms with Gasteiger partial charge in [0.1, 0.15) is 13.7 Å². The molecule has 1 aliphatic heterocycles. The quantitative estimate of drug-likeness (QED) is 0.785. The minimum atomic E-state index is -0.308. The first kappa shape index (κ1) is 13.4. The number of benzene rings is 1. The van der Waals surface area contributed by atoms with Gasteiger partial charge in [0.2, 0.25) is 0 Å². The lowest BCUT2D eigenvalue weighted by Crippen LogP contribution is -2.29. The number of hydrogen-bond acceptors (Lipinski definition) is 4. The summed E-state index contributed by atoms with van der Waals surface area (Å²) in [6.07, 6.45) is -0.308. The Bertz CT molecular complexity index is 459. The Hall–Kier alpha value is -2.04. The Kier molecular flexibility index (Phi) is 4.39. The van der Waals surface area contributed by atoms with Crippen molar-refractivity contribution in [1.29, 1.82) is 0 Å². The molecule has 0 radical (unpaired) electrons. The Balaban J connectivity index is 1.86. The summed E-state index contributed by atoms with van der Waals surface area (Å²) >= 11 is 0. The van der Waals surface area contributed by atoms with Gasteiger partial charge in [0.05, 0.1) is 12.3 Å². The molecule has 1 amide bonds. The van der Waals surface area contributed by atoms with Crippen LogP contribution in [0.15, 0.2) is 35.5 Å². The zero-order valence-electron chi connectivity index (χ0n) is 11.2. The number of carbonyl (C=O) groups excluding carboxylic acids is 1. The topological polar surface area (TPSA) is 51.1 Å². The van der Waals surface area contributed by atoms with Crippen LogP contribution in [0.3, 0.4) is 0 Å². The van der Waals surface area contributed by atoms with Crippen LogP contribution in [0.1, 0.15) is 12.5 Å². The van der Waals surface area contributed by atoms with Crippen LogP contribution >= 0.6 is 0 Å². The average molecular weight is 262 g/mol. The lowest BCUT2D eigenvalue weighted by Gasteiger charge is -2.15. The molecule has 1 heterocycles. The molecule has 2 rings (SSSR count). The molecule has 102 valence electrons. The summed E-state index contributed by atoms with van der Waals surface area (Å²) in [5, 5.41) is 3.92. The number of hydrogen-bond donors (Lipinski definition) is 0. The fourth-order valence-corrected chi connectivity index (χ4v) is 2.04. The van der Waals surface area contributed by atoms with E-state index in [-0.39, 0.29) is 12.0 Å². The van der Waals surface area contributed by atoms with Gasteiger partial charge in [0, 0.05) is 12.5 Å². The van der Waals surface area contributed by atoms with Crippen LogP contribution in [-0.4, -0.2) is 36.9 Å². The van der Waals surface area contributed by atoms with Crippen LogP contribution in [0.2, 0.25) is 0 Å². The zero-order valence-corrected chi connectivity index (χ0v) is 11.2. The maximum absolute atomic E-state index is 11.9. The van der Waals surface area contributed by atoms with Crippen LogP contribution < -0.4 is 0 Å². The number of ether oxygens (including phenoxy) is 1. The second-order valence-electron chi connectivity index (χ2n) is 4.59. The smallest absolute Gasteiger partial charge is 0.410 e. The van der Waals surface area contributed by atoms with E-state index in [1.165, 1.54) is 7.11 Å². The molecule has 0 aliphatic carbocycles. The van der Waals surface area contributed by atoms with Crippen molar-refractivity contribution in [3.05, 3.63) is 35.9 Å². The molecule has 0 spiro atoms. The molecular formula is C14H18N2O3. The second-order valence-corrected chi connectivity index (χ2v) is 4.59. The van der Waals surface area contributed by atoms with E-state index in [0.717, 1.165) is 11.3 Å². The largest absolute Gasteiger partial charge is 0.445 e. The van der Waals surface area contributed by atoms with Gasteiger partial charge in [-0.1, -0.05) is 42.4 Å². The monoisotopic (exact) mass is 262 g/mol. The first-order valence-corrected chi connectivity index (χ1v) is 6.26. The van der Waals surface area contributed by atoms with E-state index in [0.29, 0.717) is 19.7 Å². The number of nitrogens with zero attached hydrogens (tertiary/aromatic N) is 2. The molecule has 1 unspecified atom stereocenters. The van der Waals surface area contributed by atoms with E-state index >= 15 is 0 Å². The van der Waals surface area contributed by atoms with Gasteiger partial charge in [-0.2, -0.15) is 0 Å². The number of likely N-dealkylation sites (tertiary alicyclic amines) is 1. The van der Waals surface area contributed by atoms with Crippen molar-refractivity contribution >= 4 is 11.8 Å². The number of oxime groups is 1. The summed E-state index contributed by atoms with van der Waals surface area (Å²) < 4.78 is 5.28. The third-order valence-electron chi connectivity index (χ3n) is 3.09. The van der Waals surface area contributed by atoms with Gasteiger partial charge in [-0.25, -0.2) is 4.79 Å². The molecule has 0 saturated carbocycles. The standard InChI is InChI=1S/C14H18N2O3/c1-11-8-16(9-13(11)15-18-2)14(17)19-10-12-6-4-3-5-7-12/h3-7,11H,8-10H2,1-2H3/b15-13+. The van der Waals surface area contributed by atoms with Crippen LogP contribution in [0.5, 0.6) is 0 Å². The van der Waals surface area contributed by atoms with Gasteiger partial charge in [0.25, 0.3) is 0 Å². The Morgan fingerprint density at radius 1 is 1.42 bits per heavy atom. The average Bonchev–Trinajstić information content (AvgIpc) is 2.79. The summed E-state index contributed by atoms with van der Waals surface area (Å²) in [6.45, 7) is 3.40. The first-order valence-electron chi connectivity index (χ1n) is 6.26. The van der Waals surface area contributed by atoms with Crippen LogP contribution in [0.4, 0.5) is 4.79 Å². The van der Waals surface area contributed by atoms with E-state index < -0.39 is 0 Å². The SMILES string of the molecule is CO/N=C1\CN(C(=O)OCc2ccccc2)CC1C. The summed E-state index contributed by atoms with van der Waals surface area (Å²) in [4.78, 5) is 18.3. The minimum Gasteiger partial charge on any atom is -0.445 e. The van der Waals surface area contributed by atoms with Crippen molar-refractivity contribution in [3.8, 4) is 0 Å². The van der Waals surface area contributed by atoms with Gasteiger partial charge >= 0.3 is 6.09 Å². The highest BCUT2D eigenvalue weighted by Gasteiger charge is 2.30. The molecule has 0 bridgehead atoms. The first-order chi connectivity index (χ1) is 9.20. The van der Waals surface area contributed by atoms with Gasteiger partial charge < -0.3 is 14.5 Å². The van der Waals surface area contributed by atoms with Crippen LogP contribution in [-0.2, 0) is 16.2 Å². The maximum Gasteiger partial charge on any atom is 0.410 e. The van der Waals surface area contributed by atoms with Crippen molar-refractivity contribution in [3.63, 3.8) is 0 Å². The lowest BCUT2D eigenvalue weighted by atomic mass is 10.1. The van der Waals surface area contributed by atoms with Gasteiger partial charge in [-0.3, -0.25) is 0 Å². The number of carbonyl (C=O) groups is 1. The molecule has 19 heavy (non-hydrogen) atoms. The van der Waals surface area contributed by atoms with Crippen molar-refractivity contribution in [2.75, 3.05) is 20.2 Å². The van der Waals surface area contributed by atoms with E-state index in [9.17, 15) is 4.79 Å².